The van der Waals surface area contributed by atoms with Gasteiger partial charge in [0.15, 0.2) is 0 Å². The van der Waals surface area contributed by atoms with Gasteiger partial charge in [-0.2, -0.15) is 0 Å². The molecule has 1 aromatic carbocycles. The molecule has 23 heavy (non-hydrogen) atoms. The van der Waals surface area contributed by atoms with Gasteiger partial charge in [0.05, 0.1) is 5.69 Å². The van der Waals surface area contributed by atoms with Crippen LogP contribution in [-0.4, -0.2) is 52.2 Å². The molecule has 1 amide bonds. The number of benzene rings is 1. The summed E-state index contributed by atoms with van der Waals surface area (Å²) in [5.74, 6) is -0.261. The first-order valence-electron chi connectivity index (χ1n) is 7.53. The molecule has 0 spiro atoms. The van der Waals surface area contributed by atoms with Gasteiger partial charge in [0.25, 0.3) is 0 Å². The van der Waals surface area contributed by atoms with Crippen LogP contribution >= 0.6 is 0 Å². The molecule has 1 aromatic heterocycles. The van der Waals surface area contributed by atoms with Crippen molar-refractivity contribution in [2.75, 3.05) is 26.2 Å². The largest absolute Gasteiger partial charge is 0.465 e. The van der Waals surface area contributed by atoms with E-state index in [1.165, 1.54) is 17.0 Å². The van der Waals surface area contributed by atoms with Crippen LogP contribution in [0.15, 0.2) is 42.6 Å². The van der Waals surface area contributed by atoms with E-state index in [0.717, 1.165) is 16.8 Å². The highest BCUT2D eigenvalue weighted by atomic mass is 19.1. The summed E-state index contributed by atoms with van der Waals surface area (Å²) in [6.45, 7) is 3.16. The van der Waals surface area contributed by atoms with Gasteiger partial charge in [-0.3, -0.25) is 9.88 Å². The lowest BCUT2D eigenvalue weighted by molar-refractivity contribution is 0.102. The van der Waals surface area contributed by atoms with E-state index >= 15 is 0 Å². The van der Waals surface area contributed by atoms with E-state index in [2.05, 4.69) is 9.88 Å². The Morgan fingerprint density at radius 1 is 1.13 bits per heavy atom. The number of rotatable bonds is 3. The van der Waals surface area contributed by atoms with Crippen molar-refractivity contribution in [2.45, 2.75) is 6.54 Å². The molecule has 5 nitrogen and oxygen atoms in total. The molecule has 0 bridgehead atoms. The van der Waals surface area contributed by atoms with E-state index in [4.69, 9.17) is 5.11 Å². The van der Waals surface area contributed by atoms with E-state index in [1.807, 2.05) is 18.2 Å². The number of hydrogen-bond donors (Lipinski definition) is 1. The fourth-order valence-corrected chi connectivity index (χ4v) is 2.68. The van der Waals surface area contributed by atoms with Crippen molar-refractivity contribution >= 4 is 6.09 Å². The number of aromatic nitrogens is 1. The number of nitrogens with zero attached hydrogens (tertiary/aromatic N) is 3. The third-order valence-corrected chi connectivity index (χ3v) is 4.01. The summed E-state index contributed by atoms with van der Waals surface area (Å²) in [6, 6.07) is 10.3. The minimum atomic E-state index is -0.859. The van der Waals surface area contributed by atoms with Gasteiger partial charge >= 0.3 is 6.09 Å². The molecule has 1 aliphatic rings. The molecule has 2 heterocycles. The second-order valence-electron chi connectivity index (χ2n) is 5.59. The topological polar surface area (TPSA) is 56.7 Å². The van der Waals surface area contributed by atoms with Gasteiger partial charge in [-0.25, -0.2) is 9.18 Å². The van der Waals surface area contributed by atoms with E-state index in [1.54, 1.807) is 12.3 Å². The molecule has 3 rings (SSSR count). The van der Waals surface area contributed by atoms with Gasteiger partial charge in [0.2, 0.25) is 0 Å². The Balaban J connectivity index is 1.61. The zero-order chi connectivity index (χ0) is 16.2. The fraction of sp³-hybridized carbons (Fsp3) is 0.294. The summed E-state index contributed by atoms with van der Waals surface area (Å²) in [7, 11) is 0. The Kier molecular flexibility index (Phi) is 4.52. The van der Waals surface area contributed by atoms with Crippen molar-refractivity contribution < 1.29 is 14.3 Å². The van der Waals surface area contributed by atoms with Crippen LogP contribution in [-0.2, 0) is 6.54 Å². The Bertz CT molecular complexity index is 682. The molecule has 1 fully saturated rings. The number of piperazine rings is 1. The first-order valence-corrected chi connectivity index (χ1v) is 7.53. The molecule has 120 valence electrons. The predicted octanol–water partition coefficient (Wildman–Crippen LogP) is 2.68. The normalized spacial score (nSPS) is 15.6. The molecule has 0 radical (unpaired) electrons. The van der Waals surface area contributed by atoms with Crippen LogP contribution in [0.3, 0.4) is 0 Å². The highest BCUT2D eigenvalue weighted by molar-refractivity contribution is 5.65. The van der Waals surface area contributed by atoms with Gasteiger partial charge in [0.1, 0.15) is 5.82 Å². The maximum Gasteiger partial charge on any atom is 0.407 e. The standard InChI is InChI=1S/C17H18FN3O2/c18-15-3-1-2-13(10-15)14-4-5-16(19-11-14)12-20-6-8-21(9-7-20)17(22)23/h1-5,10-11H,6-9,12H2,(H,22,23). The van der Waals surface area contributed by atoms with Gasteiger partial charge in [-0.1, -0.05) is 18.2 Å². The van der Waals surface area contributed by atoms with E-state index in [0.29, 0.717) is 32.7 Å². The highest BCUT2D eigenvalue weighted by Crippen LogP contribution is 2.19. The third-order valence-electron chi connectivity index (χ3n) is 4.01. The van der Waals surface area contributed by atoms with Crippen LogP contribution in [0.5, 0.6) is 0 Å². The average molecular weight is 315 g/mol. The minimum absolute atomic E-state index is 0.261. The Hall–Kier alpha value is -2.47. The molecule has 0 aliphatic carbocycles. The summed E-state index contributed by atoms with van der Waals surface area (Å²) >= 11 is 0. The molecule has 0 saturated carbocycles. The summed E-state index contributed by atoms with van der Waals surface area (Å²) in [5, 5.41) is 8.94. The van der Waals surface area contributed by atoms with Gasteiger partial charge in [0, 0.05) is 44.5 Å². The zero-order valence-electron chi connectivity index (χ0n) is 12.7. The van der Waals surface area contributed by atoms with Crippen molar-refractivity contribution in [3.05, 3.63) is 54.1 Å². The quantitative estimate of drug-likeness (QED) is 0.946. The molecule has 1 aliphatic heterocycles. The number of pyridine rings is 1. The smallest absolute Gasteiger partial charge is 0.407 e. The van der Waals surface area contributed by atoms with Crippen LogP contribution in [0.4, 0.5) is 9.18 Å². The van der Waals surface area contributed by atoms with Crippen LogP contribution in [0, 0.1) is 5.82 Å². The third kappa shape index (κ3) is 3.84. The van der Waals surface area contributed by atoms with Crippen molar-refractivity contribution in [3.8, 4) is 11.1 Å². The molecule has 6 heteroatoms. The number of halogens is 1. The average Bonchev–Trinajstić information content (AvgIpc) is 2.56. The summed E-state index contributed by atoms with van der Waals surface area (Å²) in [4.78, 5) is 18.9. The van der Waals surface area contributed by atoms with Crippen LogP contribution < -0.4 is 0 Å². The number of carbonyl (C=O) groups is 1. The monoisotopic (exact) mass is 315 g/mol. The lowest BCUT2D eigenvalue weighted by Crippen LogP contribution is -2.47. The van der Waals surface area contributed by atoms with Crippen molar-refractivity contribution in [1.82, 2.24) is 14.8 Å². The van der Waals surface area contributed by atoms with E-state index in [-0.39, 0.29) is 5.82 Å². The fourth-order valence-electron chi connectivity index (χ4n) is 2.68. The molecule has 2 aromatic rings. The lowest BCUT2D eigenvalue weighted by Gasteiger charge is -2.32. The lowest BCUT2D eigenvalue weighted by atomic mass is 10.1. The molecule has 1 saturated heterocycles. The number of amides is 1. The summed E-state index contributed by atoms with van der Waals surface area (Å²) in [5.41, 5.74) is 2.61. The summed E-state index contributed by atoms with van der Waals surface area (Å²) in [6.07, 6.45) is 0.889. The van der Waals surface area contributed by atoms with Crippen molar-refractivity contribution in [1.29, 1.82) is 0 Å². The summed E-state index contributed by atoms with van der Waals surface area (Å²) < 4.78 is 13.3. The number of carboxylic acid groups (broad SMARTS) is 1. The van der Waals surface area contributed by atoms with Crippen molar-refractivity contribution in [3.63, 3.8) is 0 Å². The van der Waals surface area contributed by atoms with E-state index in [9.17, 15) is 9.18 Å². The Morgan fingerprint density at radius 3 is 2.52 bits per heavy atom. The molecular formula is C17H18FN3O2. The first-order chi connectivity index (χ1) is 11.1. The van der Waals surface area contributed by atoms with Gasteiger partial charge in [-0.05, 0) is 23.8 Å². The highest BCUT2D eigenvalue weighted by Gasteiger charge is 2.20. The maximum absolute atomic E-state index is 13.3. The van der Waals surface area contributed by atoms with Gasteiger partial charge < -0.3 is 10.0 Å². The van der Waals surface area contributed by atoms with Gasteiger partial charge in [-0.15, -0.1) is 0 Å². The van der Waals surface area contributed by atoms with Crippen molar-refractivity contribution in [2.24, 2.45) is 0 Å². The number of hydrogen-bond acceptors (Lipinski definition) is 3. The zero-order valence-corrected chi connectivity index (χ0v) is 12.7. The Labute approximate surface area is 134 Å². The SMILES string of the molecule is O=C(O)N1CCN(Cc2ccc(-c3cccc(F)c3)cn2)CC1. The second-order valence-corrected chi connectivity index (χ2v) is 5.59. The molecule has 1 N–H and O–H groups in total. The van der Waals surface area contributed by atoms with Crippen LogP contribution in [0.1, 0.15) is 5.69 Å². The molecule has 0 atom stereocenters. The second kappa shape index (κ2) is 6.75. The predicted molar refractivity (Wildman–Crippen MR) is 84.5 cm³/mol. The maximum atomic E-state index is 13.3. The van der Waals surface area contributed by atoms with Crippen LogP contribution in [0.25, 0.3) is 11.1 Å². The molecule has 0 unspecified atom stereocenters. The first kappa shape index (κ1) is 15.4. The molecular weight excluding hydrogens is 297 g/mol. The van der Waals surface area contributed by atoms with E-state index < -0.39 is 6.09 Å². The Morgan fingerprint density at radius 2 is 1.91 bits per heavy atom. The minimum Gasteiger partial charge on any atom is -0.465 e. The van der Waals surface area contributed by atoms with Crippen LogP contribution in [0.2, 0.25) is 0 Å².